The number of carboxylic acid groups (broad SMARTS) is 2. The Bertz CT molecular complexity index is 1260. The molecule has 4 rings (SSSR count). The largest absolute Gasteiger partial charge is 0.479 e. The number of benzene rings is 2. The molecule has 3 radical (unpaired) electrons. The van der Waals surface area contributed by atoms with Crippen molar-refractivity contribution >= 4 is 42.2 Å². The van der Waals surface area contributed by atoms with Gasteiger partial charge in [-0.05, 0) is 37.6 Å². The summed E-state index contributed by atoms with van der Waals surface area (Å²) in [6.07, 6.45) is -1.57. The molecule has 0 unspecified atom stereocenters. The Morgan fingerprint density at radius 3 is 1.84 bits per heavy atom. The lowest BCUT2D eigenvalue weighted by molar-refractivity contribution is -0.155. The van der Waals surface area contributed by atoms with Crippen LogP contribution in [-0.4, -0.2) is 46.7 Å². The molecule has 2 aromatic heterocycles. The summed E-state index contributed by atoms with van der Waals surface area (Å²) < 4.78 is 37.4. The first-order valence-corrected chi connectivity index (χ1v) is 11.2. The number of alkyl halides is 1. The summed E-state index contributed by atoms with van der Waals surface area (Å²) in [6, 6.07) is 16.5. The molecule has 0 amide bonds. The Kier molecular flexibility index (Phi) is 17.5. The van der Waals surface area contributed by atoms with Gasteiger partial charge in [-0.3, -0.25) is 9.97 Å². The molecule has 4 aromatic rings. The summed E-state index contributed by atoms with van der Waals surface area (Å²) in [5.74, 6) is -4.43. The maximum atomic E-state index is 13.4. The van der Waals surface area contributed by atoms with Gasteiger partial charge in [-0.1, -0.05) is 64.1 Å². The van der Waals surface area contributed by atoms with Gasteiger partial charge in [-0.25, -0.2) is 22.8 Å². The Morgan fingerprint density at radius 2 is 1.32 bits per heavy atom. The number of aromatic nitrogens is 2. The number of rotatable bonds is 2. The van der Waals surface area contributed by atoms with Gasteiger partial charge in [0.2, 0.25) is 0 Å². The summed E-state index contributed by atoms with van der Waals surface area (Å²) in [6.45, 7) is 11.5. The van der Waals surface area contributed by atoms with E-state index >= 15 is 0 Å². The smallest absolute Gasteiger partial charge is 0.350 e. The lowest BCUT2D eigenvalue weighted by atomic mass is 10.1. The van der Waals surface area contributed by atoms with Gasteiger partial charge in [0.1, 0.15) is 11.6 Å². The van der Waals surface area contributed by atoms with Crippen molar-refractivity contribution in [3.63, 3.8) is 0 Å². The molecule has 0 saturated heterocycles. The number of fused-ring (bicyclic) bond motifs is 2. The molecule has 0 aliphatic heterocycles. The Labute approximate surface area is 216 Å². The molecule has 0 saturated carbocycles. The van der Waals surface area contributed by atoms with E-state index in [1.165, 1.54) is 12.3 Å². The van der Waals surface area contributed by atoms with Gasteiger partial charge in [-0.15, -0.1) is 0 Å². The van der Waals surface area contributed by atoms with Crippen molar-refractivity contribution in [3.8, 4) is 0 Å². The lowest BCUT2D eigenvalue weighted by Gasteiger charge is -2.04. The number of hydrogen-bond acceptors (Lipinski definition) is 4. The first-order chi connectivity index (χ1) is 17.1. The maximum absolute atomic E-state index is 13.4. The van der Waals surface area contributed by atoms with Gasteiger partial charge in [0.15, 0.2) is 0 Å². The van der Waals surface area contributed by atoms with E-state index in [1.807, 2.05) is 76.2 Å². The van der Waals surface area contributed by atoms with Crippen LogP contribution in [0.5, 0.6) is 0 Å². The number of aliphatic carboxylic acids is 2. The quantitative estimate of drug-likeness (QED) is 0.233. The summed E-state index contributed by atoms with van der Waals surface area (Å²) >= 11 is 0. The van der Waals surface area contributed by atoms with Gasteiger partial charge in [0, 0.05) is 19.2 Å². The zero-order valence-corrected chi connectivity index (χ0v) is 21.7. The van der Waals surface area contributed by atoms with Crippen LogP contribution in [0.25, 0.3) is 21.8 Å². The van der Waals surface area contributed by atoms with Crippen LogP contribution >= 0.6 is 0 Å². The minimum absolute atomic E-state index is 0. The van der Waals surface area contributed by atoms with Crippen LogP contribution in [0, 0.1) is 25.5 Å². The fourth-order valence-corrected chi connectivity index (χ4v) is 2.66. The molecule has 0 fully saturated rings. The van der Waals surface area contributed by atoms with Crippen LogP contribution in [0.2, 0.25) is 0 Å². The van der Waals surface area contributed by atoms with E-state index < -0.39 is 18.1 Å². The molecule has 0 bridgehead atoms. The summed E-state index contributed by atoms with van der Waals surface area (Å²) in [4.78, 5) is 26.8. The molecule has 37 heavy (non-hydrogen) atoms. The van der Waals surface area contributed by atoms with Crippen LogP contribution in [0.1, 0.15) is 39.0 Å². The van der Waals surface area contributed by atoms with Crippen molar-refractivity contribution in [1.82, 2.24) is 9.97 Å². The third-order valence-electron chi connectivity index (χ3n) is 4.23. The highest BCUT2D eigenvalue weighted by Gasteiger charge is 2.23. The monoisotopic (exact) mass is 515 g/mol. The van der Waals surface area contributed by atoms with E-state index in [0.29, 0.717) is 11.3 Å². The van der Waals surface area contributed by atoms with Crippen molar-refractivity contribution in [3.05, 3.63) is 83.7 Å². The summed E-state index contributed by atoms with van der Waals surface area (Å²) in [5.41, 5.74) is 2.84. The number of halogens is 3. The minimum atomic E-state index is -2.80. The van der Waals surface area contributed by atoms with Gasteiger partial charge >= 0.3 is 11.9 Å². The average Bonchev–Trinajstić information content (AvgIpc) is 2.90. The molecule has 10 heteroatoms. The predicted molar refractivity (Wildman–Crippen MR) is 141 cm³/mol. The molecule has 0 spiro atoms. The van der Waals surface area contributed by atoms with Gasteiger partial charge < -0.3 is 10.2 Å². The molecule has 0 aliphatic rings. The average molecular weight is 515 g/mol. The number of nitrogens with zero attached hydrogens (tertiary/aromatic N) is 2. The fraction of sp³-hybridized carbons (Fsp3) is 0.259. The summed E-state index contributed by atoms with van der Waals surface area (Å²) in [5, 5.41) is 16.9. The van der Waals surface area contributed by atoms with E-state index in [4.69, 9.17) is 10.2 Å². The molecule has 2 aromatic carbocycles. The topological polar surface area (TPSA) is 100 Å². The normalized spacial score (nSPS) is 9.14. The highest BCUT2D eigenvalue weighted by atomic mass is 19.1. The predicted octanol–water partition coefficient (Wildman–Crippen LogP) is 6.53. The molecule has 0 aliphatic carbocycles. The summed E-state index contributed by atoms with van der Waals surface area (Å²) in [7, 11) is 0. The van der Waals surface area contributed by atoms with E-state index in [-0.39, 0.29) is 20.0 Å². The van der Waals surface area contributed by atoms with Crippen molar-refractivity contribution in [2.75, 3.05) is 0 Å². The van der Waals surface area contributed by atoms with Gasteiger partial charge in [-0.2, -0.15) is 0 Å². The molecule has 0 atom stereocenters. The molecular weight excluding hydrogens is 484 g/mol. The van der Waals surface area contributed by atoms with Crippen molar-refractivity contribution in [2.24, 2.45) is 0 Å². The van der Waals surface area contributed by atoms with Crippen LogP contribution in [0.15, 0.2) is 60.8 Å². The number of aryl methyl sites for hydroxylation is 2. The Hall–Kier alpha value is -3.95. The maximum Gasteiger partial charge on any atom is 0.350 e. The van der Waals surface area contributed by atoms with E-state index in [0.717, 1.165) is 21.8 Å². The van der Waals surface area contributed by atoms with Crippen LogP contribution in [0.3, 0.4) is 0 Å². The van der Waals surface area contributed by atoms with Crippen molar-refractivity contribution in [2.45, 2.75) is 47.7 Å². The zero-order chi connectivity index (χ0) is 27.8. The van der Waals surface area contributed by atoms with Crippen LogP contribution < -0.4 is 0 Å². The van der Waals surface area contributed by atoms with E-state index in [2.05, 4.69) is 9.97 Å². The van der Waals surface area contributed by atoms with Crippen molar-refractivity contribution in [1.29, 1.82) is 0 Å². The first kappa shape index (κ1) is 35.2. The third-order valence-corrected chi connectivity index (χ3v) is 4.23. The molecule has 6 nitrogen and oxygen atoms in total. The minimum Gasteiger partial charge on any atom is -0.479 e. The number of para-hydroxylation sites is 2. The molecule has 2 N–H and O–H groups in total. The second-order valence-corrected chi connectivity index (χ2v) is 6.54. The first-order valence-electron chi connectivity index (χ1n) is 11.2. The van der Waals surface area contributed by atoms with Crippen molar-refractivity contribution < 1.29 is 33.0 Å². The highest BCUT2D eigenvalue weighted by Crippen LogP contribution is 2.20. The molecule has 197 valence electrons. The van der Waals surface area contributed by atoms with Gasteiger partial charge in [0.25, 0.3) is 6.17 Å². The SMILES string of the molecule is CC.CC.Cc1nc2ccccc2c(C)c1F.Fc1cnc2ccccc2c1.O=C(O)C(F)C(=O)O.[B]. The fourth-order valence-electron chi connectivity index (χ4n) is 2.66. The standard InChI is InChI=1S/C11H10FN.C9H6FN.C3H3FO4.2C2H6.B/c1-7-9-5-3-4-6-10(9)13-8(2)11(7)12;10-8-5-7-3-1-2-4-9(7)11-6-8;4-1(2(5)6)3(7)8;2*1-2;/h3-6H,1-2H3;1-6H;1H,(H,5,6)(H,7,8);2*1-2H3;. The lowest BCUT2D eigenvalue weighted by Crippen LogP contribution is -2.24. The number of hydrogen-bond donors (Lipinski definition) is 2. The van der Waals surface area contributed by atoms with Gasteiger partial charge in [0.05, 0.1) is 22.9 Å². The molecule has 2 heterocycles. The van der Waals surface area contributed by atoms with Crippen LogP contribution in [0.4, 0.5) is 13.2 Å². The second-order valence-electron chi connectivity index (χ2n) is 6.54. The highest BCUT2D eigenvalue weighted by molar-refractivity contribution is 5.95. The Balaban J connectivity index is 0. The third kappa shape index (κ3) is 11.1. The number of pyridine rings is 2. The Morgan fingerprint density at radius 1 is 0.838 bits per heavy atom. The number of carboxylic acids is 2. The van der Waals surface area contributed by atoms with E-state index in [9.17, 15) is 22.8 Å². The number of carbonyl (C=O) groups is 2. The second kappa shape index (κ2) is 18.3. The van der Waals surface area contributed by atoms with E-state index in [1.54, 1.807) is 13.8 Å². The zero-order valence-electron chi connectivity index (χ0n) is 21.7. The van der Waals surface area contributed by atoms with Crippen LogP contribution in [-0.2, 0) is 9.59 Å². The molecular formula is C27H31BF3N2O4.